The Morgan fingerprint density at radius 2 is 1.37 bits per heavy atom. The Morgan fingerprint density at radius 3 is 2.00 bits per heavy atom. The molecule has 0 N–H and O–H groups in total. The molecule has 0 radical (unpaired) electrons. The molecule has 0 aliphatic heterocycles. The quantitative estimate of drug-likeness (QED) is 0.124. The first-order valence-electron chi connectivity index (χ1n) is 14.7. The van der Waals surface area contributed by atoms with Crippen molar-refractivity contribution >= 4 is 21.0 Å². The molecule has 0 heterocycles. The van der Waals surface area contributed by atoms with E-state index < -0.39 is 73.2 Å². The van der Waals surface area contributed by atoms with Crippen molar-refractivity contribution in [3.63, 3.8) is 0 Å². The highest BCUT2D eigenvalue weighted by Gasteiger charge is 2.62. The third-order valence-corrected chi connectivity index (χ3v) is 7.91. The van der Waals surface area contributed by atoms with Crippen LogP contribution in [0.15, 0.2) is 72.8 Å². The average Bonchev–Trinajstić information content (AvgIpc) is 3.00. The maximum absolute atomic E-state index is 15.4. The van der Waals surface area contributed by atoms with Crippen LogP contribution in [0, 0.1) is 59.0 Å². The second-order valence-corrected chi connectivity index (χ2v) is 13.5. The fourth-order valence-corrected chi connectivity index (χ4v) is 5.33. The summed E-state index contributed by atoms with van der Waals surface area (Å²) in [6.45, 7) is 3.13. The SMILES string of the molecule is CCCc1ccc(C(F)(F)Oc2ccc(-c3cc(F)c4c(F)c(C#Cc5cc(F)c(C#CS(F)(F)(F)(F)F)cc5C)c(F)cc4c3)c(F)c2)cc1. The van der Waals surface area contributed by atoms with Crippen molar-refractivity contribution < 1.29 is 54.9 Å². The molecule has 266 valence electrons. The Hall–Kier alpha value is -5.21. The van der Waals surface area contributed by atoms with Gasteiger partial charge in [-0.3, -0.25) is 0 Å². The molecule has 0 aromatic heterocycles. The highest BCUT2D eigenvalue weighted by atomic mass is 32.5. The molecule has 5 rings (SSSR count). The summed E-state index contributed by atoms with van der Waals surface area (Å²) in [5, 5.41) is -1.26. The van der Waals surface area contributed by atoms with E-state index in [0.29, 0.717) is 30.7 Å². The van der Waals surface area contributed by atoms with Gasteiger partial charge < -0.3 is 4.74 Å². The average molecular weight is 743 g/mol. The van der Waals surface area contributed by atoms with Crippen LogP contribution < -0.4 is 4.74 Å². The van der Waals surface area contributed by atoms with Gasteiger partial charge in [-0.2, -0.15) is 8.78 Å². The number of rotatable bonds is 6. The Labute approximate surface area is 283 Å². The fourth-order valence-electron chi connectivity index (χ4n) is 5.03. The van der Waals surface area contributed by atoms with Crippen molar-refractivity contribution in [1.82, 2.24) is 0 Å². The molecule has 0 aliphatic carbocycles. The van der Waals surface area contributed by atoms with E-state index in [1.807, 2.05) is 6.92 Å². The largest absolute Gasteiger partial charge is 0.429 e. The molecule has 1 nitrogen and oxygen atoms in total. The molecule has 51 heavy (non-hydrogen) atoms. The molecule has 0 spiro atoms. The molecule has 5 aromatic rings. The fraction of sp³-hybridized carbons (Fsp3) is 0.135. The van der Waals surface area contributed by atoms with Gasteiger partial charge in [0.1, 0.15) is 29.0 Å². The first-order valence-corrected chi connectivity index (χ1v) is 16.7. The molecular formula is C37H22F12OS. The second kappa shape index (κ2) is 12.5. The summed E-state index contributed by atoms with van der Waals surface area (Å²) in [7, 11) is -10.2. The minimum absolute atomic E-state index is 0.0870. The van der Waals surface area contributed by atoms with Gasteiger partial charge in [-0.15, -0.1) is 0 Å². The van der Waals surface area contributed by atoms with E-state index in [1.165, 1.54) is 31.2 Å². The van der Waals surface area contributed by atoms with Gasteiger partial charge in [0.15, 0.2) is 5.82 Å². The molecule has 0 fully saturated rings. The predicted octanol–water partition coefficient (Wildman–Crippen LogP) is 12.6. The third-order valence-electron chi connectivity index (χ3n) is 7.42. The van der Waals surface area contributed by atoms with Crippen molar-refractivity contribution in [2.75, 3.05) is 0 Å². The molecule has 0 atom stereocenters. The minimum atomic E-state index is -10.2. The molecule has 0 aliphatic rings. The van der Waals surface area contributed by atoms with Crippen LogP contribution in [0.4, 0.5) is 50.2 Å². The van der Waals surface area contributed by atoms with E-state index in [1.54, 1.807) is 0 Å². The van der Waals surface area contributed by atoms with Gasteiger partial charge in [0, 0.05) is 17.2 Å². The summed E-state index contributed by atoms with van der Waals surface area (Å²) in [6.07, 6.45) is -2.32. The lowest BCUT2D eigenvalue weighted by atomic mass is 9.98. The topological polar surface area (TPSA) is 9.23 Å². The Bertz CT molecular complexity index is 2330. The molecule has 0 unspecified atom stereocenters. The summed E-state index contributed by atoms with van der Waals surface area (Å²) in [5.41, 5.74) is -2.55. The lowest BCUT2D eigenvalue weighted by Crippen LogP contribution is -2.22. The number of benzene rings is 5. The lowest BCUT2D eigenvalue weighted by molar-refractivity contribution is -0.185. The van der Waals surface area contributed by atoms with Gasteiger partial charge in [-0.1, -0.05) is 56.7 Å². The maximum Gasteiger partial charge on any atom is 0.426 e. The van der Waals surface area contributed by atoms with Gasteiger partial charge in [0.05, 0.1) is 27.3 Å². The summed E-state index contributed by atoms with van der Waals surface area (Å²) in [6, 6.07) is 11.8. The summed E-state index contributed by atoms with van der Waals surface area (Å²) >= 11 is 0. The predicted molar refractivity (Wildman–Crippen MR) is 171 cm³/mol. The molecule has 0 saturated heterocycles. The first kappa shape index (κ1) is 37.1. The Morgan fingerprint density at radius 1 is 0.686 bits per heavy atom. The molecular weight excluding hydrogens is 720 g/mol. The van der Waals surface area contributed by atoms with Crippen LogP contribution in [0.3, 0.4) is 0 Å². The van der Waals surface area contributed by atoms with Gasteiger partial charge in [0.2, 0.25) is 0 Å². The van der Waals surface area contributed by atoms with Crippen molar-refractivity contribution in [2.45, 2.75) is 32.8 Å². The number of aryl methyl sites for hydroxylation is 2. The van der Waals surface area contributed by atoms with E-state index in [9.17, 15) is 32.6 Å². The van der Waals surface area contributed by atoms with Crippen LogP contribution in [-0.2, 0) is 12.5 Å². The molecule has 14 heteroatoms. The monoisotopic (exact) mass is 742 g/mol. The van der Waals surface area contributed by atoms with Gasteiger partial charge in [-0.25, -0.2) is 22.0 Å². The van der Waals surface area contributed by atoms with Crippen LogP contribution >= 0.6 is 10.2 Å². The molecule has 0 amide bonds. The van der Waals surface area contributed by atoms with Gasteiger partial charge >= 0.3 is 16.3 Å². The zero-order valence-electron chi connectivity index (χ0n) is 26.2. The van der Waals surface area contributed by atoms with Crippen LogP contribution in [0.25, 0.3) is 21.9 Å². The normalized spacial score (nSPS) is 13.1. The van der Waals surface area contributed by atoms with E-state index in [4.69, 9.17) is 4.74 Å². The van der Waals surface area contributed by atoms with Crippen LogP contribution in [0.1, 0.15) is 46.7 Å². The highest BCUT2D eigenvalue weighted by molar-refractivity contribution is 8.49. The zero-order valence-corrected chi connectivity index (χ0v) is 27.0. The lowest BCUT2D eigenvalue weighted by Gasteiger charge is -2.33. The number of alkyl halides is 2. The molecule has 0 bridgehead atoms. The van der Waals surface area contributed by atoms with E-state index >= 15 is 17.6 Å². The highest BCUT2D eigenvalue weighted by Crippen LogP contribution is 2.97. The van der Waals surface area contributed by atoms with Crippen molar-refractivity contribution in [3.8, 4) is 39.9 Å². The summed E-state index contributed by atoms with van der Waals surface area (Å²) < 4.78 is 172. The summed E-state index contributed by atoms with van der Waals surface area (Å²) in [5.74, 6) is -1.91. The number of hydrogen-bond donors (Lipinski definition) is 0. The van der Waals surface area contributed by atoms with E-state index in [2.05, 4.69) is 11.8 Å². The van der Waals surface area contributed by atoms with Crippen molar-refractivity contribution in [2.24, 2.45) is 0 Å². The Balaban J connectivity index is 1.44. The van der Waals surface area contributed by atoms with Crippen LogP contribution in [0.5, 0.6) is 5.75 Å². The number of halogens is 12. The maximum atomic E-state index is 15.4. The summed E-state index contributed by atoms with van der Waals surface area (Å²) in [4.78, 5) is 0. The zero-order chi connectivity index (χ0) is 37.6. The van der Waals surface area contributed by atoms with E-state index in [-0.39, 0.29) is 32.9 Å². The smallest absolute Gasteiger partial charge is 0.426 e. The molecule has 5 aromatic carbocycles. The number of ether oxygens (including phenoxy) is 1. The van der Waals surface area contributed by atoms with Crippen molar-refractivity contribution in [1.29, 1.82) is 0 Å². The standard InChI is InChI=1S/C37H22F12OS/c1-3-4-22-5-8-27(9-6-22)37(43,44)50-28-10-12-29(33(40)20-28)25-16-26-19-32(39)30(36(42)35(26)34(41)18-25)11-7-23-17-31(38)24(15-21(23)2)13-14-51(45,46,47,48)49/h5-6,8-10,12,15-20H,3-4H2,1-2H3. The van der Waals surface area contributed by atoms with Gasteiger partial charge in [0.25, 0.3) is 0 Å². The third kappa shape index (κ3) is 8.75. The molecule has 0 saturated carbocycles. The van der Waals surface area contributed by atoms with Crippen LogP contribution in [-0.4, -0.2) is 0 Å². The van der Waals surface area contributed by atoms with Gasteiger partial charge in [-0.05, 0) is 95.9 Å². The minimum Gasteiger partial charge on any atom is -0.429 e. The first-order chi connectivity index (χ1) is 23.5. The Kier molecular flexibility index (Phi) is 9.10. The van der Waals surface area contributed by atoms with Crippen LogP contribution in [0.2, 0.25) is 0 Å². The number of fused-ring (bicyclic) bond motifs is 1. The van der Waals surface area contributed by atoms with Crippen molar-refractivity contribution in [3.05, 3.63) is 135 Å². The number of hydrogen-bond acceptors (Lipinski definition) is 1. The van der Waals surface area contributed by atoms with E-state index in [0.717, 1.165) is 42.2 Å². The second-order valence-electron chi connectivity index (χ2n) is 11.4.